The van der Waals surface area contributed by atoms with Crippen molar-refractivity contribution in [3.63, 3.8) is 0 Å². The molecular formula is C16H24ClN3O2. The Morgan fingerprint density at radius 1 is 1.27 bits per heavy atom. The van der Waals surface area contributed by atoms with Crippen LogP contribution in [-0.2, 0) is 4.79 Å². The van der Waals surface area contributed by atoms with Gasteiger partial charge in [-0.15, -0.1) is 12.4 Å². The first kappa shape index (κ1) is 18.5. The highest BCUT2D eigenvalue weighted by Crippen LogP contribution is 2.16. The molecule has 2 amide bonds. The molecule has 1 aliphatic heterocycles. The van der Waals surface area contributed by atoms with Crippen LogP contribution in [0.25, 0.3) is 0 Å². The van der Waals surface area contributed by atoms with Crippen molar-refractivity contribution >= 4 is 24.2 Å². The first-order chi connectivity index (χ1) is 10.2. The monoisotopic (exact) mass is 325 g/mol. The van der Waals surface area contributed by atoms with Gasteiger partial charge in [-0.1, -0.05) is 18.2 Å². The number of rotatable bonds is 5. The molecule has 5 nitrogen and oxygen atoms in total. The SMILES string of the molecule is CNCC(=O)N1CCCC(CNC(=O)c2ccccc2)C1.Cl. The zero-order valence-corrected chi connectivity index (χ0v) is 13.7. The molecule has 1 unspecified atom stereocenters. The second kappa shape index (κ2) is 9.43. The molecule has 1 atom stereocenters. The van der Waals surface area contributed by atoms with Crippen LogP contribution in [0.3, 0.4) is 0 Å². The number of benzene rings is 1. The van der Waals surface area contributed by atoms with Crippen molar-refractivity contribution < 1.29 is 9.59 Å². The number of carbonyl (C=O) groups excluding carboxylic acids is 2. The lowest BCUT2D eigenvalue weighted by atomic mass is 9.97. The molecule has 0 aromatic heterocycles. The van der Waals surface area contributed by atoms with Crippen molar-refractivity contribution in [3.8, 4) is 0 Å². The van der Waals surface area contributed by atoms with E-state index < -0.39 is 0 Å². The second-order valence-corrected chi connectivity index (χ2v) is 5.45. The summed E-state index contributed by atoms with van der Waals surface area (Å²) >= 11 is 0. The predicted molar refractivity (Wildman–Crippen MR) is 89.3 cm³/mol. The lowest BCUT2D eigenvalue weighted by Gasteiger charge is -2.33. The van der Waals surface area contributed by atoms with Gasteiger partial charge in [0.1, 0.15) is 0 Å². The molecule has 2 rings (SSSR count). The fraction of sp³-hybridized carbons (Fsp3) is 0.500. The second-order valence-electron chi connectivity index (χ2n) is 5.45. The molecule has 0 radical (unpaired) electrons. The van der Waals surface area contributed by atoms with E-state index >= 15 is 0 Å². The van der Waals surface area contributed by atoms with Crippen LogP contribution in [0.5, 0.6) is 0 Å². The molecule has 6 heteroatoms. The Hall–Kier alpha value is -1.59. The number of piperidine rings is 1. The minimum Gasteiger partial charge on any atom is -0.352 e. The van der Waals surface area contributed by atoms with Gasteiger partial charge >= 0.3 is 0 Å². The summed E-state index contributed by atoms with van der Waals surface area (Å²) in [5.74, 6) is 0.429. The first-order valence-corrected chi connectivity index (χ1v) is 7.46. The Morgan fingerprint density at radius 2 is 2.00 bits per heavy atom. The Labute approximate surface area is 137 Å². The Balaban J connectivity index is 0.00000242. The molecule has 1 aromatic rings. The van der Waals surface area contributed by atoms with Crippen LogP contribution >= 0.6 is 12.4 Å². The van der Waals surface area contributed by atoms with Gasteiger partial charge in [-0.2, -0.15) is 0 Å². The number of nitrogens with zero attached hydrogens (tertiary/aromatic N) is 1. The van der Waals surface area contributed by atoms with Crippen LogP contribution in [0.4, 0.5) is 0 Å². The maximum absolute atomic E-state index is 12.0. The number of nitrogens with one attached hydrogen (secondary N) is 2. The van der Waals surface area contributed by atoms with Crippen molar-refractivity contribution in [2.45, 2.75) is 12.8 Å². The molecule has 0 saturated carbocycles. The molecule has 1 aromatic carbocycles. The average Bonchev–Trinajstić information content (AvgIpc) is 2.54. The van der Waals surface area contributed by atoms with Gasteiger partial charge < -0.3 is 15.5 Å². The quantitative estimate of drug-likeness (QED) is 0.857. The van der Waals surface area contributed by atoms with Crippen LogP contribution in [-0.4, -0.2) is 49.9 Å². The number of likely N-dealkylation sites (tertiary alicyclic amines) is 1. The molecule has 0 spiro atoms. The van der Waals surface area contributed by atoms with E-state index in [-0.39, 0.29) is 24.2 Å². The topological polar surface area (TPSA) is 61.4 Å². The number of hydrogen-bond donors (Lipinski definition) is 2. The van der Waals surface area contributed by atoms with Gasteiger partial charge in [0.05, 0.1) is 6.54 Å². The molecule has 1 fully saturated rings. The van der Waals surface area contributed by atoms with Gasteiger partial charge in [-0.25, -0.2) is 0 Å². The summed E-state index contributed by atoms with van der Waals surface area (Å²) in [6.07, 6.45) is 2.06. The van der Waals surface area contributed by atoms with Crippen molar-refractivity contribution in [3.05, 3.63) is 35.9 Å². The van der Waals surface area contributed by atoms with E-state index in [0.29, 0.717) is 24.6 Å². The van der Waals surface area contributed by atoms with E-state index in [0.717, 1.165) is 25.9 Å². The van der Waals surface area contributed by atoms with Gasteiger partial charge in [0.2, 0.25) is 5.91 Å². The summed E-state index contributed by atoms with van der Waals surface area (Å²) < 4.78 is 0. The normalized spacial score (nSPS) is 17.5. The van der Waals surface area contributed by atoms with Crippen LogP contribution in [0.1, 0.15) is 23.2 Å². The van der Waals surface area contributed by atoms with E-state index in [1.807, 2.05) is 23.1 Å². The lowest BCUT2D eigenvalue weighted by molar-refractivity contribution is -0.131. The van der Waals surface area contributed by atoms with E-state index in [1.165, 1.54) is 0 Å². The number of carbonyl (C=O) groups is 2. The van der Waals surface area contributed by atoms with E-state index in [2.05, 4.69) is 10.6 Å². The molecule has 1 saturated heterocycles. The van der Waals surface area contributed by atoms with Crippen LogP contribution in [0, 0.1) is 5.92 Å². The molecule has 2 N–H and O–H groups in total. The highest BCUT2D eigenvalue weighted by atomic mass is 35.5. The first-order valence-electron chi connectivity index (χ1n) is 7.46. The average molecular weight is 326 g/mol. The zero-order chi connectivity index (χ0) is 15.1. The highest BCUT2D eigenvalue weighted by molar-refractivity contribution is 5.94. The van der Waals surface area contributed by atoms with Gasteiger partial charge in [0.25, 0.3) is 5.91 Å². The van der Waals surface area contributed by atoms with Crippen molar-refractivity contribution in [2.24, 2.45) is 5.92 Å². The summed E-state index contributed by atoms with van der Waals surface area (Å²) in [7, 11) is 1.78. The Bertz CT molecular complexity index is 482. The standard InChI is InChI=1S/C16H23N3O2.ClH/c1-17-11-15(20)19-9-5-6-13(12-19)10-18-16(21)14-7-3-2-4-8-14;/h2-4,7-8,13,17H,5-6,9-12H2,1H3,(H,18,21);1H. The number of hydrogen-bond acceptors (Lipinski definition) is 3. The van der Waals surface area contributed by atoms with Crippen LogP contribution in [0.2, 0.25) is 0 Å². The smallest absolute Gasteiger partial charge is 0.251 e. The van der Waals surface area contributed by atoms with E-state index in [1.54, 1.807) is 19.2 Å². The van der Waals surface area contributed by atoms with Gasteiger partial charge in [0, 0.05) is 25.2 Å². The minimum atomic E-state index is -0.0470. The summed E-state index contributed by atoms with van der Waals surface area (Å²) in [6.45, 7) is 2.55. The number of amides is 2. The Kier molecular flexibility index (Phi) is 7.91. The molecule has 0 aliphatic carbocycles. The fourth-order valence-corrected chi connectivity index (χ4v) is 2.65. The summed E-state index contributed by atoms with van der Waals surface area (Å²) in [4.78, 5) is 25.8. The predicted octanol–water partition coefficient (Wildman–Crippen LogP) is 1.30. The minimum absolute atomic E-state index is 0. The molecule has 1 aliphatic rings. The molecule has 1 heterocycles. The summed E-state index contributed by atoms with van der Waals surface area (Å²) in [5, 5.41) is 5.86. The van der Waals surface area contributed by atoms with E-state index in [9.17, 15) is 9.59 Å². The third-order valence-corrected chi connectivity index (χ3v) is 3.79. The molecule has 22 heavy (non-hydrogen) atoms. The van der Waals surface area contributed by atoms with Crippen molar-refractivity contribution in [2.75, 3.05) is 33.2 Å². The third kappa shape index (κ3) is 5.31. The van der Waals surface area contributed by atoms with E-state index in [4.69, 9.17) is 0 Å². The highest BCUT2D eigenvalue weighted by Gasteiger charge is 2.23. The van der Waals surface area contributed by atoms with Gasteiger partial charge in [0.15, 0.2) is 0 Å². The van der Waals surface area contributed by atoms with Crippen molar-refractivity contribution in [1.29, 1.82) is 0 Å². The Morgan fingerprint density at radius 3 is 2.68 bits per heavy atom. The van der Waals surface area contributed by atoms with Gasteiger partial charge in [-0.05, 0) is 37.9 Å². The lowest BCUT2D eigenvalue weighted by Crippen LogP contribution is -2.46. The maximum Gasteiger partial charge on any atom is 0.251 e. The number of halogens is 1. The summed E-state index contributed by atoms with van der Waals surface area (Å²) in [5.41, 5.74) is 0.677. The molecular weight excluding hydrogens is 302 g/mol. The third-order valence-electron chi connectivity index (χ3n) is 3.79. The number of likely N-dealkylation sites (N-methyl/N-ethyl adjacent to an activating group) is 1. The largest absolute Gasteiger partial charge is 0.352 e. The summed E-state index contributed by atoms with van der Waals surface area (Å²) in [6, 6.07) is 9.21. The van der Waals surface area contributed by atoms with Crippen LogP contribution < -0.4 is 10.6 Å². The maximum atomic E-state index is 12.0. The van der Waals surface area contributed by atoms with Crippen molar-refractivity contribution in [1.82, 2.24) is 15.5 Å². The van der Waals surface area contributed by atoms with Crippen LogP contribution in [0.15, 0.2) is 30.3 Å². The fourth-order valence-electron chi connectivity index (χ4n) is 2.65. The molecule has 0 bridgehead atoms. The van der Waals surface area contributed by atoms with Gasteiger partial charge in [-0.3, -0.25) is 9.59 Å². The molecule has 122 valence electrons. The zero-order valence-electron chi connectivity index (χ0n) is 12.9.